The summed E-state index contributed by atoms with van der Waals surface area (Å²) < 4.78 is 5.27. The highest BCUT2D eigenvalue weighted by Gasteiger charge is 2.10. The minimum absolute atomic E-state index is 0.461. The zero-order valence-corrected chi connectivity index (χ0v) is 11.3. The third-order valence-corrected chi connectivity index (χ3v) is 3.04. The Bertz CT molecular complexity index is 355. The fraction of sp³-hybridized carbons (Fsp3) is 0.500. The van der Waals surface area contributed by atoms with Gasteiger partial charge in [0.1, 0.15) is 5.75 Å². The van der Waals surface area contributed by atoms with Crippen molar-refractivity contribution in [2.45, 2.75) is 32.9 Å². The van der Waals surface area contributed by atoms with E-state index < -0.39 is 0 Å². The van der Waals surface area contributed by atoms with Crippen LogP contribution in [-0.4, -0.2) is 13.2 Å². The molecule has 1 atom stereocenters. The summed E-state index contributed by atoms with van der Waals surface area (Å²) in [4.78, 5) is 0. The Kier molecular flexibility index (Phi) is 5.39. The average molecular weight is 262 g/mol. The zero-order chi connectivity index (χ0) is 12.1. The van der Waals surface area contributed by atoms with E-state index in [-0.39, 0.29) is 0 Å². The van der Waals surface area contributed by atoms with Crippen LogP contribution in [-0.2, 0) is 6.54 Å². The number of halogens is 2. The Morgan fingerprint density at radius 3 is 2.62 bits per heavy atom. The average Bonchev–Trinajstić information content (AvgIpc) is 2.25. The molecule has 0 saturated heterocycles. The first-order valence-electron chi connectivity index (χ1n) is 5.33. The number of ether oxygens (including phenoxy) is 1. The Hall–Kier alpha value is -0.440. The van der Waals surface area contributed by atoms with Gasteiger partial charge in [-0.15, -0.1) is 0 Å². The molecule has 0 heterocycles. The lowest BCUT2D eigenvalue weighted by molar-refractivity contribution is 0.405. The van der Waals surface area contributed by atoms with Gasteiger partial charge in [-0.3, -0.25) is 0 Å². The first-order valence-corrected chi connectivity index (χ1v) is 6.09. The SMILES string of the molecule is CCC(C)NCc1cc(Cl)cc(Cl)c1OC. The van der Waals surface area contributed by atoms with Gasteiger partial charge in [0.15, 0.2) is 0 Å². The van der Waals surface area contributed by atoms with Crippen molar-refractivity contribution in [3.8, 4) is 5.75 Å². The second-order valence-electron chi connectivity index (χ2n) is 3.77. The predicted octanol–water partition coefficient (Wildman–Crippen LogP) is 3.89. The Balaban J connectivity index is 2.85. The molecule has 0 aliphatic heterocycles. The molecule has 0 bridgehead atoms. The summed E-state index contributed by atoms with van der Waals surface area (Å²) in [6, 6.07) is 4.03. The molecule has 0 radical (unpaired) electrons. The maximum atomic E-state index is 6.05. The van der Waals surface area contributed by atoms with Crippen molar-refractivity contribution in [1.29, 1.82) is 0 Å². The second-order valence-corrected chi connectivity index (χ2v) is 4.61. The van der Waals surface area contributed by atoms with Crippen LogP contribution in [0.1, 0.15) is 25.8 Å². The van der Waals surface area contributed by atoms with Crippen molar-refractivity contribution in [3.63, 3.8) is 0 Å². The number of nitrogens with one attached hydrogen (secondary N) is 1. The fourth-order valence-electron chi connectivity index (χ4n) is 1.40. The topological polar surface area (TPSA) is 21.3 Å². The summed E-state index contributed by atoms with van der Waals surface area (Å²) in [5.74, 6) is 0.696. The van der Waals surface area contributed by atoms with Crippen molar-refractivity contribution < 1.29 is 4.74 Å². The predicted molar refractivity (Wildman–Crippen MR) is 69.6 cm³/mol. The smallest absolute Gasteiger partial charge is 0.142 e. The minimum atomic E-state index is 0.461. The largest absolute Gasteiger partial charge is 0.495 e. The highest BCUT2D eigenvalue weighted by atomic mass is 35.5. The number of rotatable bonds is 5. The van der Waals surface area contributed by atoms with Crippen LogP contribution < -0.4 is 10.1 Å². The molecule has 0 aliphatic rings. The van der Waals surface area contributed by atoms with E-state index in [1.807, 2.05) is 6.07 Å². The molecule has 0 aliphatic carbocycles. The van der Waals surface area contributed by atoms with E-state index in [9.17, 15) is 0 Å². The quantitative estimate of drug-likeness (QED) is 0.869. The van der Waals surface area contributed by atoms with E-state index >= 15 is 0 Å². The van der Waals surface area contributed by atoms with Crippen molar-refractivity contribution >= 4 is 23.2 Å². The maximum absolute atomic E-state index is 6.05. The summed E-state index contributed by atoms with van der Waals surface area (Å²) >= 11 is 12.0. The van der Waals surface area contributed by atoms with Crippen molar-refractivity contribution in [2.24, 2.45) is 0 Å². The number of hydrogen-bond donors (Lipinski definition) is 1. The van der Waals surface area contributed by atoms with Gasteiger partial charge in [-0.25, -0.2) is 0 Å². The minimum Gasteiger partial charge on any atom is -0.495 e. The molecular weight excluding hydrogens is 245 g/mol. The van der Waals surface area contributed by atoms with Crippen LogP contribution in [0.4, 0.5) is 0 Å². The summed E-state index contributed by atoms with van der Waals surface area (Å²) in [5.41, 5.74) is 0.986. The van der Waals surface area contributed by atoms with E-state index in [1.54, 1.807) is 13.2 Å². The van der Waals surface area contributed by atoms with Crippen LogP contribution in [0, 0.1) is 0 Å². The second kappa shape index (κ2) is 6.33. The molecule has 2 nitrogen and oxygen atoms in total. The van der Waals surface area contributed by atoms with E-state index in [2.05, 4.69) is 19.2 Å². The molecular formula is C12H17Cl2NO. The monoisotopic (exact) mass is 261 g/mol. The van der Waals surface area contributed by atoms with Crippen LogP contribution in [0.2, 0.25) is 10.0 Å². The normalized spacial score (nSPS) is 12.6. The lowest BCUT2D eigenvalue weighted by Gasteiger charge is -2.15. The van der Waals surface area contributed by atoms with Crippen molar-refractivity contribution in [2.75, 3.05) is 7.11 Å². The van der Waals surface area contributed by atoms with E-state index in [0.717, 1.165) is 12.0 Å². The molecule has 0 spiro atoms. The van der Waals surface area contributed by atoms with Gasteiger partial charge < -0.3 is 10.1 Å². The number of hydrogen-bond acceptors (Lipinski definition) is 2. The third-order valence-electron chi connectivity index (χ3n) is 2.54. The Morgan fingerprint density at radius 2 is 2.06 bits per heavy atom. The third kappa shape index (κ3) is 3.55. The zero-order valence-electron chi connectivity index (χ0n) is 9.81. The van der Waals surface area contributed by atoms with Gasteiger partial charge in [0.2, 0.25) is 0 Å². The molecule has 0 fully saturated rings. The summed E-state index contributed by atoms with van der Waals surface area (Å²) in [5, 5.41) is 4.56. The fourth-order valence-corrected chi connectivity index (χ4v) is 2.01. The van der Waals surface area contributed by atoms with Crippen molar-refractivity contribution in [3.05, 3.63) is 27.7 Å². The number of methoxy groups -OCH3 is 1. The van der Waals surface area contributed by atoms with E-state index in [1.165, 1.54) is 0 Å². The van der Waals surface area contributed by atoms with Crippen LogP contribution >= 0.6 is 23.2 Å². The molecule has 1 rings (SSSR count). The van der Waals surface area contributed by atoms with Gasteiger partial charge in [-0.05, 0) is 25.5 Å². The Labute approximate surface area is 107 Å². The molecule has 0 aromatic heterocycles. The highest BCUT2D eigenvalue weighted by Crippen LogP contribution is 2.32. The van der Waals surface area contributed by atoms with Gasteiger partial charge in [-0.2, -0.15) is 0 Å². The van der Waals surface area contributed by atoms with Gasteiger partial charge in [0, 0.05) is 23.2 Å². The first-order chi connectivity index (χ1) is 7.58. The summed E-state index contributed by atoms with van der Waals surface area (Å²) in [6.45, 7) is 4.98. The molecule has 1 unspecified atom stereocenters. The molecule has 1 N–H and O–H groups in total. The standard InChI is InChI=1S/C12H17Cl2NO/c1-4-8(2)15-7-9-5-10(13)6-11(14)12(9)16-3/h5-6,8,15H,4,7H2,1-3H3. The van der Waals surface area contributed by atoms with Crippen molar-refractivity contribution in [1.82, 2.24) is 5.32 Å². The summed E-state index contributed by atoms with van der Waals surface area (Å²) in [6.07, 6.45) is 1.08. The molecule has 4 heteroatoms. The van der Waals surface area contributed by atoms with Crippen LogP contribution in [0.3, 0.4) is 0 Å². The lowest BCUT2D eigenvalue weighted by atomic mass is 10.1. The highest BCUT2D eigenvalue weighted by molar-refractivity contribution is 6.35. The molecule has 1 aromatic carbocycles. The molecule has 90 valence electrons. The molecule has 0 amide bonds. The Morgan fingerprint density at radius 1 is 1.38 bits per heavy atom. The lowest BCUT2D eigenvalue weighted by Crippen LogP contribution is -2.24. The molecule has 1 aromatic rings. The van der Waals surface area contributed by atoms with Gasteiger partial charge in [0.05, 0.1) is 12.1 Å². The first kappa shape index (κ1) is 13.6. The van der Waals surface area contributed by atoms with E-state index in [4.69, 9.17) is 27.9 Å². The number of benzene rings is 1. The van der Waals surface area contributed by atoms with Crippen LogP contribution in [0.5, 0.6) is 5.75 Å². The molecule has 16 heavy (non-hydrogen) atoms. The van der Waals surface area contributed by atoms with E-state index in [0.29, 0.717) is 28.4 Å². The van der Waals surface area contributed by atoms with Gasteiger partial charge >= 0.3 is 0 Å². The maximum Gasteiger partial charge on any atom is 0.142 e. The van der Waals surface area contributed by atoms with Crippen LogP contribution in [0.25, 0.3) is 0 Å². The summed E-state index contributed by atoms with van der Waals surface area (Å²) in [7, 11) is 1.61. The van der Waals surface area contributed by atoms with Gasteiger partial charge in [0.25, 0.3) is 0 Å². The van der Waals surface area contributed by atoms with Gasteiger partial charge in [-0.1, -0.05) is 30.1 Å². The van der Waals surface area contributed by atoms with Crippen LogP contribution in [0.15, 0.2) is 12.1 Å². The molecule has 0 saturated carbocycles.